The molecule has 2 rings (SSSR count). The summed E-state index contributed by atoms with van der Waals surface area (Å²) >= 11 is 5.89. The number of nitro benzene ring substituents is 1. The molecule has 20 heavy (non-hydrogen) atoms. The van der Waals surface area contributed by atoms with Crippen LogP contribution in [0, 0.1) is 21.7 Å². The first-order chi connectivity index (χ1) is 9.47. The van der Waals surface area contributed by atoms with Crippen LogP contribution in [0.2, 0.25) is 5.02 Å². The lowest BCUT2D eigenvalue weighted by Gasteiger charge is -2.09. The number of halogens is 3. The van der Waals surface area contributed by atoms with Gasteiger partial charge in [-0.2, -0.15) is 0 Å². The SMILES string of the molecule is O=[N+]([O-])c1ccc(Cl)c(NCc2ccc(F)cc2F)c1. The number of rotatable bonds is 4. The maximum Gasteiger partial charge on any atom is 0.271 e. The average Bonchev–Trinajstić information content (AvgIpc) is 2.39. The molecule has 0 fully saturated rings. The molecule has 2 aromatic carbocycles. The third-order valence-corrected chi connectivity index (χ3v) is 2.97. The second-order valence-electron chi connectivity index (χ2n) is 4.01. The van der Waals surface area contributed by atoms with E-state index < -0.39 is 16.6 Å². The van der Waals surface area contributed by atoms with Crippen LogP contribution in [-0.4, -0.2) is 4.92 Å². The summed E-state index contributed by atoms with van der Waals surface area (Å²) in [5.41, 5.74) is 0.412. The van der Waals surface area contributed by atoms with E-state index in [9.17, 15) is 18.9 Å². The molecule has 2 aromatic rings. The molecule has 0 aliphatic heterocycles. The van der Waals surface area contributed by atoms with Crippen molar-refractivity contribution in [2.45, 2.75) is 6.54 Å². The van der Waals surface area contributed by atoms with Crippen LogP contribution in [0.4, 0.5) is 20.2 Å². The van der Waals surface area contributed by atoms with Gasteiger partial charge >= 0.3 is 0 Å². The van der Waals surface area contributed by atoms with Crippen LogP contribution in [0.5, 0.6) is 0 Å². The number of hydrogen-bond donors (Lipinski definition) is 1. The number of anilines is 1. The molecule has 0 amide bonds. The lowest BCUT2D eigenvalue weighted by molar-refractivity contribution is -0.384. The fraction of sp³-hybridized carbons (Fsp3) is 0.0769. The molecular formula is C13H9ClF2N2O2. The van der Waals surface area contributed by atoms with E-state index >= 15 is 0 Å². The summed E-state index contributed by atoms with van der Waals surface area (Å²) < 4.78 is 26.2. The first-order valence-electron chi connectivity index (χ1n) is 5.59. The van der Waals surface area contributed by atoms with Crippen molar-refractivity contribution in [1.29, 1.82) is 0 Å². The fourth-order valence-corrected chi connectivity index (χ4v) is 1.80. The molecule has 0 aromatic heterocycles. The van der Waals surface area contributed by atoms with E-state index in [1.165, 1.54) is 24.3 Å². The van der Waals surface area contributed by atoms with Crippen LogP contribution < -0.4 is 5.32 Å². The number of nitrogens with one attached hydrogen (secondary N) is 1. The van der Waals surface area contributed by atoms with Gasteiger partial charge in [0.2, 0.25) is 0 Å². The molecule has 0 aliphatic rings. The predicted octanol–water partition coefficient (Wildman–Crippen LogP) is 4.14. The number of nitrogens with zero attached hydrogens (tertiary/aromatic N) is 1. The van der Waals surface area contributed by atoms with Crippen molar-refractivity contribution in [3.8, 4) is 0 Å². The zero-order valence-corrected chi connectivity index (χ0v) is 10.8. The standard InChI is InChI=1S/C13H9ClF2N2O2/c14-11-4-3-10(18(19)20)6-13(11)17-7-8-1-2-9(15)5-12(8)16/h1-6,17H,7H2. The summed E-state index contributed by atoms with van der Waals surface area (Å²) in [6.07, 6.45) is 0. The highest BCUT2D eigenvalue weighted by molar-refractivity contribution is 6.33. The van der Waals surface area contributed by atoms with Crippen LogP contribution in [0.3, 0.4) is 0 Å². The van der Waals surface area contributed by atoms with Crippen molar-refractivity contribution < 1.29 is 13.7 Å². The van der Waals surface area contributed by atoms with E-state index in [0.29, 0.717) is 5.69 Å². The first kappa shape index (κ1) is 14.2. The molecule has 0 bridgehead atoms. The summed E-state index contributed by atoms with van der Waals surface area (Å²) in [6, 6.07) is 7.10. The lowest BCUT2D eigenvalue weighted by atomic mass is 10.2. The number of benzene rings is 2. The summed E-state index contributed by atoms with van der Waals surface area (Å²) in [6.45, 7) is 0.0347. The number of non-ortho nitro benzene ring substituents is 1. The van der Waals surface area contributed by atoms with Gasteiger partial charge in [0.05, 0.1) is 15.6 Å². The highest BCUT2D eigenvalue weighted by Crippen LogP contribution is 2.27. The topological polar surface area (TPSA) is 55.2 Å². The zero-order chi connectivity index (χ0) is 14.7. The summed E-state index contributed by atoms with van der Waals surface area (Å²) in [4.78, 5) is 10.1. The van der Waals surface area contributed by atoms with Crippen molar-refractivity contribution in [3.63, 3.8) is 0 Å². The Bertz CT molecular complexity index is 665. The summed E-state index contributed by atoms with van der Waals surface area (Å²) in [7, 11) is 0. The first-order valence-corrected chi connectivity index (χ1v) is 5.97. The zero-order valence-electron chi connectivity index (χ0n) is 10.1. The Morgan fingerprint density at radius 3 is 2.60 bits per heavy atom. The molecule has 0 saturated carbocycles. The highest BCUT2D eigenvalue weighted by Gasteiger charge is 2.10. The molecular weight excluding hydrogens is 290 g/mol. The minimum atomic E-state index is -0.695. The van der Waals surface area contributed by atoms with Crippen LogP contribution in [0.15, 0.2) is 36.4 Å². The normalized spacial score (nSPS) is 10.3. The van der Waals surface area contributed by atoms with Crippen LogP contribution in [0.1, 0.15) is 5.56 Å². The van der Waals surface area contributed by atoms with E-state index in [1.54, 1.807) is 0 Å². The van der Waals surface area contributed by atoms with Gasteiger partial charge in [0.1, 0.15) is 11.6 Å². The Labute approximate surface area is 118 Å². The second kappa shape index (κ2) is 5.83. The maximum absolute atomic E-state index is 13.4. The van der Waals surface area contributed by atoms with E-state index in [1.807, 2.05) is 0 Å². The van der Waals surface area contributed by atoms with Gasteiger partial charge in [0.15, 0.2) is 0 Å². The van der Waals surface area contributed by atoms with Crippen molar-refractivity contribution in [2.75, 3.05) is 5.32 Å². The fourth-order valence-electron chi connectivity index (χ4n) is 1.62. The molecule has 7 heteroatoms. The molecule has 0 radical (unpaired) electrons. The summed E-state index contributed by atoms with van der Waals surface area (Å²) in [5.74, 6) is -1.36. The molecule has 4 nitrogen and oxygen atoms in total. The van der Waals surface area contributed by atoms with Gasteiger partial charge in [0, 0.05) is 30.3 Å². The van der Waals surface area contributed by atoms with Gasteiger partial charge in [-0.15, -0.1) is 0 Å². The van der Waals surface area contributed by atoms with E-state index in [0.717, 1.165) is 12.1 Å². The third-order valence-electron chi connectivity index (χ3n) is 2.65. The van der Waals surface area contributed by atoms with Crippen molar-refractivity contribution in [2.24, 2.45) is 0 Å². The Hall–Kier alpha value is -2.21. The van der Waals surface area contributed by atoms with E-state index in [2.05, 4.69) is 5.32 Å². The van der Waals surface area contributed by atoms with Crippen LogP contribution in [0.25, 0.3) is 0 Å². The van der Waals surface area contributed by atoms with E-state index in [4.69, 9.17) is 11.6 Å². The molecule has 0 spiro atoms. The van der Waals surface area contributed by atoms with Gasteiger partial charge < -0.3 is 5.32 Å². The van der Waals surface area contributed by atoms with Gasteiger partial charge in [-0.05, 0) is 12.1 Å². The van der Waals surface area contributed by atoms with Crippen molar-refractivity contribution in [3.05, 3.63) is 68.7 Å². The Morgan fingerprint density at radius 2 is 1.95 bits per heavy atom. The Balaban J connectivity index is 2.18. The Morgan fingerprint density at radius 1 is 1.20 bits per heavy atom. The minimum absolute atomic E-state index is 0.0347. The number of nitro groups is 1. The highest BCUT2D eigenvalue weighted by atomic mass is 35.5. The number of hydrogen-bond acceptors (Lipinski definition) is 3. The second-order valence-corrected chi connectivity index (χ2v) is 4.42. The van der Waals surface area contributed by atoms with Crippen molar-refractivity contribution in [1.82, 2.24) is 0 Å². The quantitative estimate of drug-likeness (QED) is 0.682. The largest absolute Gasteiger partial charge is 0.379 e. The van der Waals surface area contributed by atoms with Gasteiger partial charge in [0.25, 0.3) is 5.69 Å². The van der Waals surface area contributed by atoms with E-state index in [-0.39, 0.29) is 22.8 Å². The van der Waals surface area contributed by atoms with Gasteiger partial charge in [-0.25, -0.2) is 8.78 Å². The smallest absolute Gasteiger partial charge is 0.271 e. The summed E-state index contributed by atoms with van der Waals surface area (Å²) in [5, 5.41) is 13.7. The molecule has 0 unspecified atom stereocenters. The molecule has 0 aliphatic carbocycles. The monoisotopic (exact) mass is 298 g/mol. The van der Waals surface area contributed by atoms with Crippen molar-refractivity contribution >= 4 is 23.0 Å². The lowest BCUT2D eigenvalue weighted by Crippen LogP contribution is -2.03. The molecule has 1 N–H and O–H groups in total. The molecule has 104 valence electrons. The average molecular weight is 299 g/mol. The predicted molar refractivity (Wildman–Crippen MR) is 71.8 cm³/mol. The van der Waals surface area contributed by atoms with Gasteiger partial charge in [-0.3, -0.25) is 10.1 Å². The molecule has 0 heterocycles. The molecule has 0 atom stereocenters. The third kappa shape index (κ3) is 3.21. The Kier molecular flexibility index (Phi) is 4.14. The minimum Gasteiger partial charge on any atom is -0.379 e. The maximum atomic E-state index is 13.4. The van der Waals surface area contributed by atoms with Crippen LogP contribution in [-0.2, 0) is 6.54 Å². The molecule has 0 saturated heterocycles. The van der Waals surface area contributed by atoms with Gasteiger partial charge in [-0.1, -0.05) is 17.7 Å². The van der Waals surface area contributed by atoms with Crippen LogP contribution >= 0.6 is 11.6 Å².